The summed E-state index contributed by atoms with van der Waals surface area (Å²) >= 11 is 0. The molecule has 1 atom stereocenters. The number of halogens is 3. The number of alkyl halides is 3. The highest BCUT2D eigenvalue weighted by Crippen LogP contribution is 2.15. The Kier molecular flexibility index (Phi) is 4.37. The lowest BCUT2D eigenvalue weighted by Gasteiger charge is -2.12. The number of hydrogen-bond acceptors (Lipinski definition) is 2. The Bertz CT molecular complexity index is 320. The maximum absolute atomic E-state index is 11.8. The molecule has 1 aromatic heterocycles. The van der Waals surface area contributed by atoms with Crippen LogP contribution in [0.1, 0.15) is 18.7 Å². The first-order valence-corrected chi connectivity index (χ1v) is 4.88. The quantitative estimate of drug-likeness (QED) is 0.796. The van der Waals surface area contributed by atoms with Crippen molar-refractivity contribution in [3.8, 4) is 0 Å². The van der Waals surface area contributed by atoms with Crippen LogP contribution in [0.2, 0.25) is 0 Å². The Labute approximate surface area is 91.4 Å². The highest BCUT2D eigenvalue weighted by atomic mass is 19.4. The molecule has 0 radical (unpaired) electrons. The van der Waals surface area contributed by atoms with Gasteiger partial charge in [0.1, 0.15) is 6.61 Å². The summed E-state index contributed by atoms with van der Waals surface area (Å²) in [7, 11) is 0. The molecule has 0 bridgehead atoms. The third-order valence-electron chi connectivity index (χ3n) is 2.03. The van der Waals surface area contributed by atoms with E-state index in [0.717, 1.165) is 0 Å². The minimum atomic E-state index is -4.29. The molecule has 0 amide bonds. The van der Waals surface area contributed by atoms with Gasteiger partial charge in [-0.3, -0.25) is 0 Å². The molecular formula is C10H14F3NO2. The zero-order valence-electron chi connectivity index (χ0n) is 8.87. The molecule has 0 aliphatic carbocycles. The third kappa shape index (κ3) is 4.24. The lowest BCUT2D eigenvalue weighted by molar-refractivity contribution is -0.174. The van der Waals surface area contributed by atoms with Crippen LogP contribution in [0.3, 0.4) is 0 Å². The summed E-state index contributed by atoms with van der Waals surface area (Å²) in [6.45, 7) is 0.623. The molecule has 0 aliphatic rings. The smallest absolute Gasteiger partial charge is 0.387 e. The molecule has 16 heavy (non-hydrogen) atoms. The van der Waals surface area contributed by atoms with E-state index in [9.17, 15) is 18.3 Å². The number of aromatic nitrogens is 1. The van der Waals surface area contributed by atoms with Gasteiger partial charge >= 0.3 is 6.18 Å². The molecule has 1 rings (SSSR count). The first-order valence-electron chi connectivity index (χ1n) is 4.88. The van der Waals surface area contributed by atoms with Gasteiger partial charge in [-0.1, -0.05) is 0 Å². The minimum Gasteiger partial charge on any atom is -0.387 e. The first-order chi connectivity index (χ1) is 7.40. The summed E-state index contributed by atoms with van der Waals surface area (Å²) in [5, 5.41) is 9.34. The summed E-state index contributed by atoms with van der Waals surface area (Å²) in [6.07, 6.45) is -3.24. The van der Waals surface area contributed by atoms with Crippen molar-refractivity contribution in [3.63, 3.8) is 0 Å². The normalized spacial score (nSPS) is 14.1. The second-order valence-corrected chi connectivity index (χ2v) is 3.47. The summed E-state index contributed by atoms with van der Waals surface area (Å²) in [4.78, 5) is 0. The number of rotatable bonds is 5. The summed E-state index contributed by atoms with van der Waals surface area (Å²) in [5.41, 5.74) is 0.663. The molecule has 0 aliphatic heterocycles. The zero-order chi connectivity index (χ0) is 12.2. The van der Waals surface area contributed by atoms with Gasteiger partial charge in [0.15, 0.2) is 0 Å². The zero-order valence-corrected chi connectivity index (χ0v) is 8.87. The lowest BCUT2D eigenvalue weighted by atomic mass is 10.3. The molecule has 1 N–H and O–H groups in total. The van der Waals surface area contributed by atoms with Crippen LogP contribution in [0.5, 0.6) is 0 Å². The van der Waals surface area contributed by atoms with Crippen molar-refractivity contribution in [2.24, 2.45) is 0 Å². The second kappa shape index (κ2) is 5.36. The van der Waals surface area contributed by atoms with E-state index in [-0.39, 0.29) is 6.61 Å². The van der Waals surface area contributed by atoms with Crippen LogP contribution in [-0.4, -0.2) is 29.1 Å². The van der Waals surface area contributed by atoms with Gasteiger partial charge in [0.2, 0.25) is 0 Å². The summed E-state index contributed by atoms with van der Waals surface area (Å²) in [5.74, 6) is 0. The predicted molar refractivity (Wildman–Crippen MR) is 51.9 cm³/mol. The molecule has 0 fully saturated rings. The van der Waals surface area contributed by atoms with Crippen molar-refractivity contribution in [2.75, 3.05) is 13.2 Å². The van der Waals surface area contributed by atoms with Crippen LogP contribution in [0.15, 0.2) is 18.3 Å². The number of aliphatic hydroxyl groups excluding tert-OH is 1. The van der Waals surface area contributed by atoms with Crippen LogP contribution >= 0.6 is 0 Å². The fraction of sp³-hybridized carbons (Fsp3) is 0.600. The molecule has 0 saturated carbocycles. The second-order valence-electron chi connectivity index (χ2n) is 3.47. The molecule has 0 saturated heterocycles. The van der Waals surface area contributed by atoms with Crippen molar-refractivity contribution in [2.45, 2.75) is 25.7 Å². The molecule has 92 valence electrons. The Morgan fingerprint density at radius 2 is 2.19 bits per heavy atom. The SMILES string of the molecule is CC(O)c1cccn1CCOCC(F)(F)F. The number of ether oxygens (including phenoxy) is 1. The van der Waals surface area contributed by atoms with Crippen molar-refractivity contribution >= 4 is 0 Å². The lowest BCUT2D eigenvalue weighted by Crippen LogP contribution is -2.19. The highest BCUT2D eigenvalue weighted by molar-refractivity contribution is 5.09. The Balaban J connectivity index is 2.35. The van der Waals surface area contributed by atoms with Gasteiger partial charge in [-0.15, -0.1) is 0 Å². The average Bonchev–Trinajstić information content (AvgIpc) is 2.58. The summed E-state index contributed by atoms with van der Waals surface area (Å²) < 4.78 is 41.4. The van der Waals surface area contributed by atoms with Gasteiger partial charge in [-0.05, 0) is 19.1 Å². The number of hydrogen-bond donors (Lipinski definition) is 1. The van der Waals surface area contributed by atoms with Gasteiger partial charge in [0, 0.05) is 18.4 Å². The van der Waals surface area contributed by atoms with Gasteiger partial charge in [0.25, 0.3) is 0 Å². The Morgan fingerprint density at radius 3 is 2.75 bits per heavy atom. The molecule has 0 aromatic carbocycles. The van der Waals surface area contributed by atoms with E-state index >= 15 is 0 Å². The van der Waals surface area contributed by atoms with Crippen molar-refractivity contribution < 1.29 is 23.0 Å². The van der Waals surface area contributed by atoms with E-state index in [1.165, 1.54) is 0 Å². The first kappa shape index (κ1) is 13.1. The third-order valence-corrected chi connectivity index (χ3v) is 2.03. The van der Waals surface area contributed by atoms with Gasteiger partial charge < -0.3 is 14.4 Å². The number of nitrogens with zero attached hydrogens (tertiary/aromatic N) is 1. The van der Waals surface area contributed by atoms with Crippen LogP contribution < -0.4 is 0 Å². The molecule has 6 heteroatoms. The molecule has 0 spiro atoms. The van der Waals surface area contributed by atoms with E-state index in [4.69, 9.17) is 0 Å². The van der Waals surface area contributed by atoms with E-state index in [0.29, 0.717) is 12.2 Å². The van der Waals surface area contributed by atoms with Gasteiger partial charge in [-0.25, -0.2) is 0 Å². The standard InChI is InChI=1S/C10H14F3NO2/c1-8(15)9-3-2-4-14(9)5-6-16-7-10(11,12)13/h2-4,8,15H,5-7H2,1H3. The maximum atomic E-state index is 11.8. The molecule has 3 nitrogen and oxygen atoms in total. The van der Waals surface area contributed by atoms with E-state index in [1.807, 2.05) is 0 Å². The van der Waals surface area contributed by atoms with E-state index in [2.05, 4.69) is 4.74 Å². The molecule has 1 unspecified atom stereocenters. The largest absolute Gasteiger partial charge is 0.411 e. The van der Waals surface area contributed by atoms with Crippen LogP contribution in [-0.2, 0) is 11.3 Å². The van der Waals surface area contributed by atoms with Crippen LogP contribution in [0.4, 0.5) is 13.2 Å². The monoisotopic (exact) mass is 237 g/mol. The molecule has 1 aromatic rings. The fourth-order valence-corrected chi connectivity index (χ4v) is 1.36. The minimum absolute atomic E-state index is 0.0338. The topological polar surface area (TPSA) is 34.4 Å². The van der Waals surface area contributed by atoms with E-state index < -0.39 is 18.9 Å². The Hall–Kier alpha value is -1.01. The fourth-order valence-electron chi connectivity index (χ4n) is 1.36. The van der Waals surface area contributed by atoms with Crippen molar-refractivity contribution in [1.82, 2.24) is 4.57 Å². The van der Waals surface area contributed by atoms with Crippen LogP contribution in [0.25, 0.3) is 0 Å². The van der Waals surface area contributed by atoms with Gasteiger partial charge in [-0.2, -0.15) is 13.2 Å². The molecular weight excluding hydrogens is 223 g/mol. The van der Waals surface area contributed by atoms with Gasteiger partial charge in [0.05, 0.1) is 12.7 Å². The van der Waals surface area contributed by atoms with Crippen LogP contribution in [0, 0.1) is 0 Å². The number of aliphatic hydroxyl groups is 1. The highest BCUT2D eigenvalue weighted by Gasteiger charge is 2.27. The average molecular weight is 237 g/mol. The summed E-state index contributed by atoms with van der Waals surface area (Å²) in [6, 6.07) is 3.44. The van der Waals surface area contributed by atoms with Crippen molar-refractivity contribution in [3.05, 3.63) is 24.0 Å². The predicted octanol–water partition coefficient (Wildman–Crippen LogP) is 2.12. The van der Waals surface area contributed by atoms with Crippen molar-refractivity contribution in [1.29, 1.82) is 0 Å². The van der Waals surface area contributed by atoms with E-state index in [1.54, 1.807) is 29.8 Å². The maximum Gasteiger partial charge on any atom is 0.411 e. The Morgan fingerprint density at radius 1 is 1.50 bits per heavy atom. The molecule has 1 heterocycles.